The standard InChI is InChI=1S/C28H37N3O4/c1-18(2)16-23(30-25(33)21-15-11-10-12-19(21)3)26(34)29-22(17-20-13-8-7-9-14-20)24(32)27(35)31-28(4,5)6/h7-15,18,22-23H,16-17H2,1-6H3,(H,29,34)(H,30,33)(H,31,35). The minimum absolute atomic E-state index is 0.107. The van der Waals surface area contributed by atoms with Crippen molar-refractivity contribution in [3.8, 4) is 0 Å². The van der Waals surface area contributed by atoms with Gasteiger partial charge in [-0.25, -0.2) is 0 Å². The van der Waals surface area contributed by atoms with E-state index in [2.05, 4.69) is 16.0 Å². The van der Waals surface area contributed by atoms with Crippen LogP contribution >= 0.6 is 0 Å². The van der Waals surface area contributed by atoms with Crippen molar-refractivity contribution < 1.29 is 19.2 Å². The van der Waals surface area contributed by atoms with E-state index in [0.717, 1.165) is 11.1 Å². The van der Waals surface area contributed by atoms with Crippen LogP contribution in [0.15, 0.2) is 54.6 Å². The number of hydrogen-bond donors (Lipinski definition) is 3. The normalized spacial score (nSPS) is 13.0. The molecule has 7 heteroatoms. The molecule has 0 spiro atoms. The van der Waals surface area contributed by atoms with Crippen molar-refractivity contribution in [3.63, 3.8) is 0 Å². The van der Waals surface area contributed by atoms with Gasteiger partial charge in [0.2, 0.25) is 11.7 Å². The molecule has 3 amide bonds. The second kappa shape index (κ2) is 12.3. The first-order valence-corrected chi connectivity index (χ1v) is 11.9. The molecular formula is C28H37N3O4. The number of amides is 3. The van der Waals surface area contributed by atoms with Gasteiger partial charge in [0.25, 0.3) is 11.8 Å². The summed E-state index contributed by atoms with van der Waals surface area (Å²) >= 11 is 0. The molecule has 2 atom stereocenters. The van der Waals surface area contributed by atoms with E-state index in [1.54, 1.807) is 32.9 Å². The van der Waals surface area contributed by atoms with Crippen molar-refractivity contribution in [2.75, 3.05) is 0 Å². The Morgan fingerprint density at radius 3 is 2.00 bits per heavy atom. The van der Waals surface area contributed by atoms with Crippen LogP contribution in [-0.4, -0.2) is 41.1 Å². The average molecular weight is 480 g/mol. The van der Waals surface area contributed by atoms with E-state index >= 15 is 0 Å². The summed E-state index contributed by atoms with van der Waals surface area (Å²) in [5, 5.41) is 8.23. The van der Waals surface area contributed by atoms with E-state index in [1.165, 1.54) is 0 Å². The predicted octanol–water partition coefficient (Wildman–Crippen LogP) is 3.35. The summed E-state index contributed by atoms with van der Waals surface area (Å²) in [6.07, 6.45) is 0.535. The fourth-order valence-corrected chi connectivity index (χ4v) is 3.66. The highest BCUT2D eigenvalue weighted by molar-refractivity contribution is 6.38. The van der Waals surface area contributed by atoms with Crippen LogP contribution in [-0.2, 0) is 20.8 Å². The minimum Gasteiger partial charge on any atom is -0.345 e. The number of hydrogen-bond acceptors (Lipinski definition) is 4. The molecule has 0 fully saturated rings. The molecule has 7 nitrogen and oxygen atoms in total. The number of benzene rings is 2. The number of carbonyl (C=O) groups is 4. The first kappa shape index (κ1) is 27.8. The summed E-state index contributed by atoms with van der Waals surface area (Å²) in [5.74, 6) is -2.25. The monoisotopic (exact) mass is 479 g/mol. The van der Waals surface area contributed by atoms with Crippen LogP contribution in [0.25, 0.3) is 0 Å². The Morgan fingerprint density at radius 1 is 0.829 bits per heavy atom. The van der Waals surface area contributed by atoms with E-state index in [9.17, 15) is 19.2 Å². The molecule has 0 heterocycles. The van der Waals surface area contributed by atoms with E-state index < -0.39 is 35.2 Å². The van der Waals surface area contributed by atoms with Crippen molar-refractivity contribution in [2.24, 2.45) is 5.92 Å². The van der Waals surface area contributed by atoms with Gasteiger partial charge in [-0.3, -0.25) is 19.2 Å². The van der Waals surface area contributed by atoms with Crippen molar-refractivity contribution in [2.45, 2.75) is 72.0 Å². The largest absolute Gasteiger partial charge is 0.345 e. The minimum atomic E-state index is -1.07. The van der Waals surface area contributed by atoms with Crippen LogP contribution in [0, 0.1) is 12.8 Å². The molecule has 0 aliphatic carbocycles. The van der Waals surface area contributed by atoms with E-state index in [-0.39, 0.29) is 18.2 Å². The van der Waals surface area contributed by atoms with Crippen LogP contribution in [0.4, 0.5) is 0 Å². The van der Waals surface area contributed by atoms with Gasteiger partial charge in [-0.15, -0.1) is 0 Å². The Balaban J connectivity index is 2.26. The maximum absolute atomic E-state index is 13.3. The van der Waals surface area contributed by atoms with Crippen LogP contribution in [0.1, 0.15) is 62.5 Å². The lowest BCUT2D eigenvalue weighted by Gasteiger charge is -2.25. The van der Waals surface area contributed by atoms with Gasteiger partial charge >= 0.3 is 0 Å². The quantitative estimate of drug-likeness (QED) is 0.455. The van der Waals surface area contributed by atoms with Gasteiger partial charge in [0.15, 0.2) is 0 Å². The van der Waals surface area contributed by atoms with Crippen LogP contribution < -0.4 is 16.0 Å². The zero-order valence-corrected chi connectivity index (χ0v) is 21.5. The molecule has 2 aromatic carbocycles. The highest BCUT2D eigenvalue weighted by Crippen LogP contribution is 2.12. The Morgan fingerprint density at radius 2 is 1.43 bits per heavy atom. The van der Waals surface area contributed by atoms with Crippen molar-refractivity contribution in [1.82, 2.24) is 16.0 Å². The summed E-state index contributed by atoms with van der Waals surface area (Å²) in [7, 11) is 0. The zero-order valence-electron chi connectivity index (χ0n) is 21.5. The predicted molar refractivity (Wildman–Crippen MR) is 137 cm³/mol. The molecule has 0 saturated heterocycles. The number of nitrogens with one attached hydrogen (secondary N) is 3. The fourth-order valence-electron chi connectivity index (χ4n) is 3.66. The van der Waals surface area contributed by atoms with Gasteiger partial charge in [-0.05, 0) is 57.2 Å². The SMILES string of the molecule is Cc1ccccc1C(=O)NC(CC(C)C)C(=O)NC(Cc1ccccc1)C(=O)C(=O)NC(C)(C)C. The molecule has 2 unspecified atom stereocenters. The molecule has 35 heavy (non-hydrogen) atoms. The molecule has 0 aliphatic rings. The van der Waals surface area contributed by atoms with Gasteiger partial charge < -0.3 is 16.0 Å². The Bertz CT molecular complexity index is 1040. The molecule has 0 aromatic heterocycles. The fraction of sp³-hybridized carbons (Fsp3) is 0.429. The molecule has 0 radical (unpaired) electrons. The lowest BCUT2D eigenvalue weighted by Crippen LogP contribution is -2.56. The van der Waals surface area contributed by atoms with Gasteiger partial charge in [0, 0.05) is 17.5 Å². The van der Waals surface area contributed by atoms with Gasteiger partial charge in [0.1, 0.15) is 12.1 Å². The van der Waals surface area contributed by atoms with Crippen molar-refractivity contribution in [1.29, 1.82) is 0 Å². The van der Waals surface area contributed by atoms with E-state index in [0.29, 0.717) is 12.0 Å². The molecule has 2 aromatic rings. The van der Waals surface area contributed by atoms with E-state index in [4.69, 9.17) is 0 Å². The Hall–Kier alpha value is -3.48. The maximum Gasteiger partial charge on any atom is 0.290 e. The second-order valence-electron chi connectivity index (χ2n) is 10.3. The molecule has 2 rings (SSSR count). The summed E-state index contributed by atoms with van der Waals surface area (Å²) in [5.41, 5.74) is 1.48. The van der Waals surface area contributed by atoms with E-state index in [1.807, 2.05) is 63.2 Å². The van der Waals surface area contributed by atoms with Crippen LogP contribution in [0.3, 0.4) is 0 Å². The van der Waals surface area contributed by atoms with Crippen LogP contribution in [0.2, 0.25) is 0 Å². The third-order valence-corrected chi connectivity index (χ3v) is 5.35. The van der Waals surface area contributed by atoms with Crippen molar-refractivity contribution >= 4 is 23.5 Å². The number of aryl methyl sites for hydroxylation is 1. The first-order chi connectivity index (χ1) is 16.4. The number of Topliss-reactive ketones (excluding diaryl/α,β-unsaturated/α-hetero) is 1. The third kappa shape index (κ3) is 9.00. The van der Waals surface area contributed by atoms with Crippen molar-refractivity contribution in [3.05, 3.63) is 71.3 Å². The average Bonchev–Trinajstić information content (AvgIpc) is 2.77. The molecule has 188 valence electrons. The highest BCUT2D eigenvalue weighted by atomic mass is 16.2. The lowest BCUT2D eigenvalue weighted by molar-refractivity contribution is -0.141. The topological polar surface area (TPSA) is 104 Å². The number of ketones is 1. The molecule has 3 N–H and O–H groups in total. The van der Waals surface area contributed by atoms with Gasteiger partial charge in [0.05, 0.1) is 0 Å². The van der Waals surface area contributed by atoms with Gasteiger partial charge in [-0.2, -0.15) is 0 Å². The third-order valence-electron chi connectivity index (χ3n) is 5.35. The number of carbonyl (C=O) groups excluding carboxylic acids is 4. The summed E-state index contributed by atoms with van der Waals surface area (Å²) in [4.78, 5) is 52.0. The summed E-state index contributed by atoms with van der Waals surface area (Å²) in [6.45, 7) is 11.1. The smallest absolute Gasteiger partial charge is 0.290 e. The molecular weight excluding hydrogens is 442 g/mol. The zero-order chi connectivity index (χ0) is 26.2. The number of rotatable bonds is 10. The highest BCUT2D eigenvalue weighted by Gasteiger charge is 2.32. The Labute approximate surface area is 208 Å². The molecule has 0 aliphatic heterocycles. The van der Waals surface area contributed by atoms with Crippen LogP contribution in [0.5, 0.6) is 0 Å². The summed E-state index contributed by atoms with van der Waals surface area (Å²) in [6, 6.07) is 14.4. The first-order valence-electron chi connectivity index (χ1n) is 11.9. The lowest BCUT2D eigenvalue weighted by atomic mass is 9.98. The summed E-state index contributed by atoms with van der Waals surface area (Å²) < 4.78 is 0. The maximum atomic E-state index is 13.3. The second-order valence-corrected chi connectivity index (χ2v) is 10.3. The molecule has 0 saturated carbocycles. The Kier molecular flexibility index (Phi) is 9.75. The van der Waals surface area contributed by atoms with Gasteiger partial charge in [-0.1, -0.05) is 62.4 Å². The molecule has 0 bridgehead atoms.